The highest BCUT2D eigenvalue weighted by molar-refractivity contribution is 5.92. The minimum absolute atomic E-state index is 0.0408. The summed E-state index contributed by atoms with van der Waals surface area (Å²) in [5.41, 5.74) is 7.22. The molecule has 3 rings (SSSR count). The molecule has 1 saturated heterocycles. The molecule has 1 aliphatic heterocycles. The summed E-state index contributed by atoms with van der Waals surface area (Å²) in [4.78, 5) is 11.1. The average Bonchev–Trinajstić information content (AvgIpc) is 3.07. The highest BCUT2D eigenvalue weighted by Gasteiger charge is 2.24. The van der Waals surface area contributed by atoms with Gasteiger partial charge in [-0.1, -0.05) is 12.1 Å². The molecular formula is C18H25NO3. The number of carbonyl (C=O) groups excluding carboxylic acids is 1. The summed E-state index contributed by atoms with van der Waals surface area (Å²) in [6, 6.07) is 7.81. The highest BCUT2D eigenvalue weighted by atomic mass is 16.7. The standard InChI is InChI=1S/C18H25NO3/c19-18(20)16-8-6-15(7-9-16)14-4-1-13(2-5-14)3-10-17-21-11-12-22-17/h6-9,13-14,17H,1-5,10-12H2,(H2,19,20). The van der Waals surface area contributed by atoms with E-state index in [1.165, 1.54) is 37.7 Å². The van der Waals surface area contributed by atoms with E-state index in [4.69, 9.17) is 15.2 Å². The molecule has 120 valence electrons. The molecule has 4 nitrogen and oxygen atoms in total. The molecular weight excluding hydrogens is 278 g/mol. The second-order valence-corrected chi connectivity index (χ2v) is 6.45. The number of hydrogen-bond donors (Lipinski definition) is 1. The molecule has 0 radical (unpaired) electrons. The van der Waals surface area contributed by atoms with Crippen molar-refractivity contribution in [2.45, 2.75) is 50.7 Å². The first-order valence-electron chi connectivity index (χ1n) is 8.35. The number of hydrogen-bond acceptors (Lipinski definition) is 3. The number of rotatable bonds is 5. The second-order valence-electron chi connectivity index (χ2n) is 6.45. The van der Waals surface area contributed by atoms with Crippen LogP contribution in [0.25, 0.3) is 0 Å². The molecule has 2 N–H and O–H groups in total. The van der Waals surface area contributed by atoms with Gasteiger partial charge >= 0.3 is 0 Å². The van der Waals surface area contributed by atoms with Crippen LogP contribution in [0.15, 0.2) is 24.3 Å². The van der Waals surface area contributed by atoms with Crippen LogP contribution in [-0.2, 0) is 9.47 Å². The number of amides is 1. The van der Waals surface area contributed by atoms with E-state index in [-0.39, 0.29) is 12.2 Å². The fraction of sp³-hybridized carbons (Fsp3) is 0.611. The quantitative estimate of drug-likeness (QED) is 0.908. The van der Waals surface area contributed by atoms with E-state index >= 15 is 0 Å². The molecule has 22 heavy (non-hydrogen) atoms. The smallest absolute Gasteiger partial charge is 0.248 e. The van der Waals surface area contributed by atoms with Gasteiger partial charge in [-0.3, -0.25) is 4.79 Å². The van der Waals surface area contributed by atoms with Crippen molar-refractivity contribution in [3.8, 4) is 0 Å². The summed E-state index contributed by atoms with van der Waals surface area (Å²) in [5, 5.41) is 0. The van der Waals surface area contributed by atoms with Gasteiger partial charge in [-0.15, -0.1) is 0 Å². The lowest BCUT2D eigenvalue weighted by Crippen LogP contribution is -2.16. The maximum absolute atomic E-state index is 11.1. The van der Waals surface area contributed by atoms with E-state index in [1.807, 2.05) is 12.1 Å². The number of nitrogens with two attached hydrogens (primary N) is 1. The topological polar surface area (TPSA) is 61.6 Å². The second kappa shape index (κ2) is 7.25. The minimum atomic E-state index is -0.355. The Morgan fingerprint density at radius 1 is 1.00 bits per heavy atom. The van der Waals surface area contributed by atoms with Crippen molar-refractivity contribution < 1.29 is 14.3 Å². The van der Waals surface area contributed by atoms with E-state index in [0.29, 0.717) is 11.5 Å². The maximum Gasteiger partial charge on any atom is 0.248 e. The molecule has 2 aliphatic rings. The van der Waals surface area contributed by atoms with Gasteiger partial charge in [-0.2, -0.15) is 0 Å². The van der Waals surface area contributed by atoms with Crippen LogP contribution < -0.4 is 5.73 Å². The van der Waals surface area contributed by atoms with Crippen molar-refractivity contribution >= 4 is 5.91 Å². The Hall–Kier alpha value is -1.39. The van der Waals surface area contributed by atoms with E-state index in [1.54, 1.807) is 0 Å². The normalized spacial score (nSPS) is 26.2. The van der Waals surface area contributed by atoms with Crippen molar-refractivity contribution in [3.05, 3.63) is 35.4 Å². The minimum Gasteiger partial charge on any atom is -0.366 e. The van der Waals surface area contributed by atoms with Crippen molar-refractivity contribution in [2.24, 2.45) is 11.7 Å². The van der Waals surface area contributed by atoms with Crippen LogP contribution in [0.4, 0.5) is 0 Å². The number of carbonyl (C=O) groups is 1. The highest BCUT2D eigenvalue weighted by Crippen LogP contribution is 2.38. The molecule has 0 unspecified atom stereocenters. The zero-order valence-corrected chi connectivity index (χ0v) is 13.0. The number of benzene rings is 1. The Morgan fingerprint density at radius 2 is 1.64 bits per heavy atom. The molecule has 1 heterocycles. The zero-order valence-electron chi connectivity index (χ0n) is 13.0. The van der Waals surface area contributed by atoms with Gasteiger partial charge in [0.1, 0.15) is 0 Å². The number of ether oxygens (including phenoxy) is 2. The molecule has 0 spiro atoms. The molecule has 1 saturated carbocycles. The van der Waals surface area contributed by atoms with Crippen molar-refractivity contribution in [1.29, 1.82) is 0 Å². The monoisotopic (exact) mass is 303 g/mol. The lowest BCUT2D eigenvalue weighted by molar-refractivity contribution is -0.0509. The van der Waals surface area contributed by atoms with Crippen LogP contribution in [0, 0.1) is 5.92 Å². The lowest BCUT2D eigenvalue weighted by Gasteiger charge is -2.29. The summed E-state index contributed by atoms with van der Waals surface area (Å²) in [6.07, 6.45) is 7.28. The summed E-state index contributed by atoms with van der Waals surface area (Å²) in [5.74, 6) is 1.07. The molecule has 1 amide bonds. The SMILES string of the molecule is NC(=O)c1ccc(C2CCC(CCC3OCCO3)CC2)cc1. The first-order chi connectivity index (χ1) is 10.7. The van der Waals surface area contributed by atoms with Crippen LogP contribution in [-0.4, -0.2) is 25.4 Å². The van der Waals surface area contributed by atoms with Gasteiger partial charge in [0.05, 0.1) is 13.2 Å². The van der Waals surface area contributed by atoms with E-state index in [2.05, 4.69) is 12.1 Å². The van der Waals surface area contributed by atoms with E-state index in [0.717, 1.165) is 25.6 Å². The van der Waals surface area contributed by atoms with Crippen molar-refractivity contribution in [2.75, 3.05) is 13.2 Å². The third kappa shape index (κ3) is 3.87. The van der Waals surface area contributed by atoms with Crippen LogP contribution in [0.2, 0.25) is 0 Å². The molecule has 1 aliphatic carbocycles. The number of primary amides is 1. The van der Waals surface area contributed by atoms with E-state index < -0.39 is 0 Å². The van der Waals surface area contributed by atoms with Crippen LogP contribution in [0.1, 0.15) is 60.4 Å². The first kappa shape index (κ1) is 15.5. The van der Waals surface area contributed by atoms with Gasteiger partial charge in [-0.05, 0) is 68.1 Å². The first-order valence-corrected chi connectivity index (χ1v) is 8.35. The van der Waals surface area contributed by atoms with Gasteiger partial charge in [0, 0.05) is 5.56 Å². The molecule has 4 heteroatoms. The van der Waals surface area contributed by atoms with Gasteiger partial charge in [0.15, 0.2) is 6.29 Å². The van der Waals surface area contributed by atoms with Crippen LogP contribution >= 0.6 is 0 Å². The Morgan fingerprint density at radius 3 is 2.23 bits per heavy atom. The third-order valence-electron chi connectivity index (χ3n) is 5.01. The average molecular weight is 303 g/mol. The summed E-state index contributed by atoms with van der Waals surface area (Å²) in [7, 11) is 0. The van der Waals surface area contributed by atoms with Crippen LogP contribution in [0.5, 0.6) is 0 Å². The fourth-order valence-corrected chi connectivity index (χ4v) is 3.65. The predicted molar refractivity (Wildman–Crippen MR) is 84.6 cm³/mol. The van der Waals surface area contributed by atoms with Gasteiger partial charge < -0.3 is 15.2 Å². The molecule has 0 atom stereocenters. The van der Waals surface area contributed by atoms with Crippen LogP contribution in [0.3, 0.4) is 0 Å². The Labute approximate surface area is 132 Å². The van der Waals surface area contributed by atoms with Crippen molar-refractivity contribution in [1.82, 2.24) is 0 Å². The Kier molecular flexibility index (Phi) is 5.11. The van der Waals surface area contributed by atoms with E-state index in [9.17, 15) is 4.79 Å². The van der Waals surface area contributed by atoms with Gasteiger partial charge in [0.25, 0.3) is 0 Å². The summed E-state index contributed by atoms with van der Waals surface area (Å²) < 4.78 is 11.0. The largest absolute Gasteiger partial charge is 0.366 e. The molecule has 2 fully saturated rings. The van der Waals surface area contributed by atoms with Gasteiger partial charge in [-0.25, -0.2) is 0 Å². The van der Waals surface area contributed by atoms with Crippen molar-refractivity contribution in [3.63, 3.8) is 0 Å². The zero-order chi connectivity index (χ0) is 15.4. The Balaban J connectivity index is 1.45. The third-order valence-corrected chi connectivity index (χ3v) is 5.01. The fourth-order valence-electron chi connectivity index (χ4n) is 3.65. The molecule has 1 aromatic carbocycles. The molecule has 0 aromatic heterocycles. The lowest BCUT2D eigenvalue weighted by atomic mass is 9.77. The summed E-state index contributed by atoms with van der Waals surface area (Å²) in [6.45, 7) is 1.50. The summed E-state index contributed by atoms with van der Waals surface area (Å²) >= 11 is 0. The maximum atomic E-state index is 11.1. The Bertz CT molecular complexity index is 486. The molecule has 0 bridgehead atoms. The molecule has 1 aromatic rings. The predicted octanol–water partition coefficient (Wildman–Crippen LogP) is 3.21. The van der Waals surface area contributed by atoms with Gasteiger partial charge in [0.2, 0.25) is 5.91 Å².